The second-order valence-corrected chi connectivity index (χ2v) is 13.0. The predicted octanol–water partition coefficient (Wildman–Crippen LogP) is 10.8. The van der Waals surface area contributed by atoms with Gasteiger partial charge in [0.15, 0.2) is 0 Å². The molecular formula is C36H26O4S2. The fraction of sp³-hybridized carbons (Fsp3) is 0.167. The summed E-state index contributed by atoms with van der Waals surface area (Å²) in [7, 11) is 0. The average molecular weight is 587 g/mol. The van der Waals surface area contributed by atoms with E-state index < -0.39 is 0 Å². The minimum atomic E-state index is -0.186. The Morgan fingerprint density at radius 3 is 2.55 bits per heavy atom. The molecule has 0 N–H and O–H groups in total. The normalized spacial score (nSPS) is 18.2. The molecule has 2 unspecified atom stereocenters. The van der Waals surface area contributed by atoms with Gasteiger partial charge >= 0.3 is 0 Å². The third-order valence-electron chi connectivity index (χ3n) is 8.48. The van der Waals surface area contributed by atoms with Crippen LogP contribution in [0.4, 0.5) is 0 Å². The number of hydrogen-bond acceptors (Lipinski definition) is 6. The van der Waals surface area contributed by atoms with Crippen LogP contribution < -0.4 is 4.74 Å². The Morgan fingerprint density at radius 1 is 0.810 bits per heavy atom. The maximum Gasteiger partial charge on any atom is 0.136 e. The Labute approximate surface area is 250 Å². The summed E-state index contributed by atoms with van der Waals surface area (Å²) in [6.07, 6.45) is 4.45. The molecule has 0 amide bonds. The smallest absolute Gasteiger partial charge is 0.136 e. The fourth-order valence-electron chi connectivity index (χ4n) is 6.68. The fourth-order valence-corrected chi connectivity index (χ4v) is 8.86. The van der Waals surface area contributed by atoms with Crippen LogP contribution in [0.25, 0.3) is 53.5 Å². The summed E-state index contributed by atoms with van der Waals surface area (Å²) in [5.41, 5.74) is 6.57. The zero-order valence-electron chi connectivity index (χ0n) is 22.7. The van der Waals surface area contributed by atoms with Crippen molar-refractivity contribution in [2.24, 2.45) is 0 Å². The molecule has 9 rings (SSSR count). The van der Waals surface area contributed by atoms with Crippen LogP contribution in [0.2, 0.25) is 0 Å². The maximum atomic E-state index is 6.82. The molecule has 0 radical (unpaired) electrons. The van der Waals surface area contributed by atoms with E-state index in [9.17, 15) is 0 Å². The molecular weight excluding hydrogens is 561 g/mol. The van der Waals surface area contributed by atoms with Crippen LogP contribution in [0.5, 0.6) is 5.75 Å². The van der Waals surface area contributed by atoms with E-state index in [4.69, 9.17) is 18.3 Å². The summed E-state index contributed by atoms with van der Waals surface area (Å²) in [6.45, 7) is 0.785. The van der Waals surface area contributed by atoms with Gasteiger partial charge < -0.3 is 18.3 Å². The van der Waals surface area contributed by atoms with Crippen molar-refractivity contribution >= 4 is 43.7 Å². The average Bonchev–Trinajstić information content (AvgIpc) is 3.87. The Hall–Kier alpha value is -4.10. The Kier molecular flexibility index (Phi) is 5.68. The van der Waals surface area contributed by atoms with E-state index in [1.165, 1.54) is 31.0 Å². The Balaban J connectivity index is 1.42. The van der Waals surface area contributed by atoms with E-state index in [0.717, 1.165) is 70.8 Å². The minimum absolute atomic E-state index is 0.0383. The van der Waals surface area contributed by atoms with Crippen LogP contribution in [0.15, 0.2) is 105 Å². The van der Waals surface area contributed by atoms with Crippen molar-refractivity contribution in [3.8, 4) is 38.2 Å². The summed E-state index contributed by atoms with van der Waals surface area (Å²) in [6, 6.07) is 29.4. The monoisotopic (exact) mass is 586 g/mol. The lowest BCUT2D eigenvalue weighted by Gasteiger charge is -2.22. The molecule has 1 fully saturated rings. The number of thiophene rings is 2. The van der Waals surface area contributed by atoms with Gasteiger partial charge in [-0.25, -0.2) is 0 Å². The zero-order chi connectivity index (χ0) is 27.6. The molecule has 2 aliphatic heterocycles. The summed E-state index contributed by atoms with van der Waals surface area (Å²) < 4.78 is 27.2. The second-order valence-electron chi connectivity index (χ2n) is 11.0. The van der Waals surface area contributed by atoms with Crippen molar-refractivity contribution in [1.29, 1.82) is 0 Å². The van der Waals surface area contributed by atoms with Gasteiger partial charge in [0.25, 0.3) is 0 Å². The standard InChI is InChI=1S/C36H26O4S2/c1-3-10-24-21(8-1)18-28(39-24)32-23(26-12-5-15-37-26)20-31-35(33(32)29-19-22-9-2-4-11-25(22)40-29)34(27-13-6-16-38-27)36(42-31)30-14-7-17-41-30/h1-5,7-12,14-15,17-18,20,27,29H,6,13,16,19H2. The molecule has 6 heterocycles. The Morgan fingerprint density at radius 2 is 1.74 bits per heavy atom. The molecule has 7 aromatic rings. The number of furan rings is 2. The molecule has 6 heteroatoms. The van der Waals surface area contributed by atoms with Gasteiger partial charge in [0.2, 0.25) is 0 Å². The zero-order valence-corrected chi connectivity index (χ0v) is 24.3. The van der Waals surface area contributed by atoms with Gasteiger partial charge in [0.05, 0.1) is 17.2 Å². The summed E-state index contributed by atoms with van der Waals surface area (Å²) in [5, 5.41) is 4.47. The number of rotatable bonds is 5. The maximum absolute atomic E-state index is 6.82. The number of ether oxygens (including phenoxy) is 2. The highest BCUT2D eigenvalue weighted by Crippen LogP contribution is 2.55. The van der Waals surface area contributed by atoms with Gasteiger partial charge in [-0.3, -0.25) is 0 Å². The summed E-state index contributed by atoms with van der Waals surface area (Å²) in [4.78, 5) is 2.56. The molecule has 0 aliphatic carbocycles. The van der Waals surface area contributed by atoms with Gasteiger partial charge in [-0.15, -0.1) is 22.7 Å². The lowest BCUT2D eigenvalue weighted by molar-refractivity contribution is 0.113. The molecule has 2 atom stereocenters. The lowest BCUT2D eigenvalue weighted by atomic mass is 9.86. The van der Waals surface area contributed by atoms with Crippen LogP contribution in [0.1, 0.15) is 41.7 Å². The number of hydrogen-bond donors (Lipinski definition) is 0. The van der Waals surface area contributed by atoms with E-state index in [2.05, 4.69) is 60.0 Å². The van der Waals surface area contributed by atoms with Gasteiger partial charge in [-0.1, -0.05) is 42.5 Å². The molecule has 0 bridgehead atoms. The van der Waals surface area contributed by atoms with Gasteiger partial charge in [0.1, 0.15) is 29.0 Å². The highest BCUT2D eigenvalue weighted by atomic mass is 32.1. The van der Waals surface area contributed by atoms with Crippen LogP contribution in [-0.4, -0.2) is 6.61 Å². The first kappa shape index (κ1) is 24.5. The van der Waals surface area contributed by atoms with Gasteiger partial charge in [-0.05, 0) is 66.2 Å². The molecule has 42 heavy (non-hydrogen) atoms. The predicted molar refractivity (Wildman–Crippen MR) is 169 cm³/mol. The number of para-hydroxylation sites is 2. The van der Waals surface area contributed by atoms with E-state index in [0.29, 0.717) is 0 Å². The van der Waals surface area contributed by atoms with E-state index in [1.54, 1.807) is 17.6 Å². The number of benzene rings is 3. The minimum Gasteiger partial charge on any atom is -0.485 e. The van der Waals surface area contributed by atoms with Crippen LogP contribution >= 0.6 is 22.7 Å². The van der Waals surface area contributed by atoms with Crippen molar-refractivity contribution in [2.75, 3.05) is 6.61 Å². The molecule has 4 nitrogen and oxygen atoms in total. The summed E-state index contributed by atoms with van der Waals surface area (Å²) >= 11 is 3.63. The molecule has 2 aliphatic rings. The van der Waals surface area contributed by atoms with Crippen molar-refractivity contribution in [3.63, 3.8) is 0 Å². The molecule has 4 aromatic heterocycles. The Bertz CT molecular complexity index is 2000. The van der Waals surface area contributed by atoms with Crippen molar-refractivity contribution < 1.29 is 18.3 Å². The van der Waals surface area contributed by atoms with E-state index >= 15 is 0 Å². The molecule has 206 valence electrons. The highest BCUT2D eigenvalue weighted by Gasteiger charge is 2.36. The van der Waals surface area contributed by atoms with Gasteiger partial charge in [0, 0.05) is 55.6 Å². The summed E-state index contributed by atoms with van der Waals surface area (Å²) in [5.74, 6) is 2.58. The van der Waals surface area contributed by atoms with E-state index in [1.807, 2.05) is 41.7 Å². The highest BCUT2D eigenvalue weighted by molar-refractivity contribution is 7.26. The molecule has 1 saturated heterocycles. The largest absolute Gasteiger partial charge is 0.485 e. The first-order valence-corrected chi connectivity index (χ1v) is 16.1. The first-order valence-electron chi connectivity index (χ1n) is 14.4. The third kappa shape index (κ3) is 3.83. The number of fused-ring (bicyclic) bond motifs is 3. The third-order valence-corrected chi connectivity index (χ3v) is 10.7. The van der Waals surface area contributed by atoms with Crippen LogP contribution in [0.3, 0.4) is 0 Å². The SMILES string of the molecule is c1coc(-c2cc3sc(-c4cccs4)c(C4CCCO4)c3c(C3Cc4ccccc4O3)c2-c2cc3ccccc3o2)c1. The van der Waals surface area contributed by atoms with Crippen molar-refractivity contribution in [2.45, 2.75) is 31.5 Å². The van der Waals surface area contributed by atoms with Crippen LogP contribution in [0, 0.1) is 0 Å². The van der Waals surface area contributed by atoms with Gasteiger partial charge in [-0.2, -0.15) is 0 Å². The quantitative estimate of drug-likeness (QED) is 0.201. The van der Waals surface area contributed by atoms with Crippen molar-refractivity contribution in [1.82, 2.24) is 0 Å². The topological polar surface area (TPSA) is 44.7 Å². The second kappa shape index (κ2) is 9.73. The first-order chi connectivity index (χ1) is 20.8. The molecule has 3 aromatic carbocycles. The van der Waals surface area contributed by atoms with Crippen LogP contribution in [-0.2, 0) is 11.2 Å². The lowest BCUT2D eigenvalue weighted by Crippen LogP contribution is -2.09. The van der Waals surface area contributed by atoms with Crippen molar-refractivity contribution in [3.05, 3.63) is 113 Å². The molecule has 0 saturated carbocycles. The van der Waals surface area contributed by atoms with E-state index in [-0.39, 0.29) is 12.2 Å². The molecule has 0 spiro atoms.